The van der Waals surface area contributed by atoms with Crippen molar-refractivity contribution in [3.63, 3.8) is 0 Å². The third-order valence-electron chi connectivity index (χ3n) is 3.10. The Morgan fingerprint density at radius 3 is 2.47 bits per heavy atom. The zero-order valence-electron chi connectivity index (χ0n) is 11.7. The maximum Gasteiger partial charge on any atom is 0.220 e. The van der Waals surface area contributed by atoms with Crippen molar-refractivity contribution in [2.24, 2.45) is 11.3 Å². The zero-order chi connectivity index (χ0) is 13.5. The largest absolute Gasteiger partial charge is 0.384 e. The molecule has 0 radical (unpaired) electrons. The molecule has 0 aromatic heterocycles. The lowest BCUT2D eigenvalue weighted by Gasteiger charge is -2.26. The van der Waals surface area contributed by atoms with Gasteiger partial charge in [0.1, 0.15) is 0 Å². The highest BCUT2D eigenvalue weighted by atomic mass is 79.9. The molecule has 1 amide bonds. The zero-order valence-corrected chi connectivity index (χ0v) is 13.3. The normalized spacial score (nSPS) is 15.4. The molecule has 0 aromatic carbocycles. The van der Waals surface area contributed by atoms with Crippen LogP contribution in [0.3, 0.4) is 0 Å². The number of ether oxygens (including phenoxy) is 1. The molecule has 0 aliphatic carbocycles. The number of rotatable bonds is 7. The Morgan fingerprint density at radius 1 is 1.41 bits per heavy atom. The molecule has 2 atom stereocenters. The maximum atomic E-state index is 11.7. The Morgan fingerprint density at radius 2 is 2.00 bits per heavy atom. The van der Waals surface area contributed by atoms with E-state index in [-0.39, 0.29) is 11.3 Å². The first-order chi connectivity index (χ1) is 7.77. The summed E-state index contributed by atoms with van der Waals surface area (Å²) in [7, 11) is 1.68. The van der Waals surface area contributed by atoms with Crippen LogP contribution in [-0.2, 0) is 9.53 Å². The summed E-state index contributed by atoms with van der Waals surface area (Å²) in [5.74, 6) is 0.533. The van der Waals surface area contributed by atoms with E-state index < -0.39 is 0 Å². The van der Waals surface area contributed by atoms with Crippen LogP contribution in [0.25, 0.3) is 0 Å². The first kappa shape index (κ1) is 16.9. The van der Waals surface area contributed by atoms with Gasteiger partial charge in [0, 0.05) is 24.9 Å². The number of amides is 1. The molecular formula is C13H26BrNO2. The lowest BCUT2D eigenvalue weighted by molar-refractivity contribution is -0.122. The van der Waals surface area contributed by atoms with Gasteiger partial charge in [0.2, 0.25) is 5.91 Å². The molecule has 0 bridgehead atoms. The third kappa shape index (κ3) is 8.61. The van der Waals surface area contributed by atoms with Gasteiger partial charge in [-0.3, -0.25) is 4.79 Å². The van der Waals surface area contributed by atoms with Gasteiger partial charge < -0.3 is 10.1 Å². The Bertz CT molecular complexity index is 226. The van der Waals surface area contributed by atoms with Crippen molar-refractivity contribution < 1.29 is 9.53 Å². The molecule has 0 heterocycles. The fourth-order valence-corrected chi connectivity index (χ4v) is 1.78. The van der Waals surface area contributed by atoms with Gasteiger partial charge in [0.25, 0.3) is 0 Å². The number of carbonyl (C=O) groups excluding carboxylic acids is 1. The van der Waals surface area contributed by atoms with Gasteiger partial charge in [-0.25, -0.2) is 0 Å². The summed E-state index contributed by atoms with van der Waals surface area (Å²) in [5.41, 5.74) is 0.186. The molecule has 0 aromatic rings. The van der Waals surface area contributed by atoms with Crippen LogP contribution < -0.4 is 5.32 Å². The molecule has 0 aliphatic rings. The summed E-state index contributed by atoms with van der Waals surface area (Å²) >= 11 is 3.49. The second-order valence-corrected chi connectivity index (χ2v) is 6.96. The van der Waals surface area contributed by atoms with Crippen LogP contribution in [0, 0.1) is 11.3 Å². The topological polar surface area (TPSA) is 38.3 Å². The standard InChI is InChI=1S/C13H26BrNO2/c1-10(13(2,3)4)8-12(16)15-7-6-11(14)9-17-5/h10-11H,6-9H2,1-5H3,(H,15,16). The van der Waals surface area contributed by atoms with Crippen LogP contribution in [0.1, 0.15) is 40.5 Å². The Labute approximate surface area is 114 Å². The summed E-state index contributed by atoms with van der Waals surface area (Å²) in [4.78, 5) is 12.0. The fraction of sp³-hybridized carbons (Fsp3) is 0.923. The van der Waals surface area contributed by atoms with E-state index in [0.29, 0.717) is 30.3 Å². The molecule has 0 rings (SSSR count). The minimum absolute atomic E-state index is 0.143. The molecule has 17 heavy (non-hydrogen) atoms. The SMILES string of the molecule is COCC(Br)CCNC(=O)CC(C)C(C)(C)C. The van der Waals surface area contributed by atoms with E-state index in [1.165, 1.54) is 0 Å². The van der Waals surface area contributed by atoms with Crippen molar-refractivity contribution in [2.75, 3.05) is 20.3 Å². The maximum absolute atomic E-state index is 11.7. The average Bonchev–Trinajstić information content (AvgIpc) is 2.16. The molecule has 0 saturated carbocycles. The number of halogens is 1. The van der Waals surface area contributed by atoms with E-state index in [1.54, 1.807) is 7.11 Å². The molecule has 2 unspecified atom stereocenters. The molecule has 1 N–H and O–H groups in total. The highest BCUT2D eigenvalue weighted by molar-refractivity contribution is 9.09. The first-order valence-corrected chi connectivity index (χ1v) is 7.08. The summed E-state index contributed by atoms with van der Waals surface area (Å²) < 4.78 is 5.01. The summed E-state index contributed by atoms with van der Waals surface area (Å²) in [6, 6.07) is 0. The Kier molecular flexibility index (Phi) is 8.05. The molecule has 4 heteroatoms. The van der Waals surface area contributed by atoms with Crippen molar-refractivity contribution in [2.45, 2.75) is 45.4 Å². The van der Waals surface area contributed by atoms with Gasteiger partial charge in [-0.15, -0.1) is 0 Å². The van der Waals surface area contributed by atoms with E-state index in [4.69, 9.17) is 4.74 Å². The second-order valence-electron chi connectivity index (χ2n) is 5.66. The van der Waals surface area contributed by atoms with Gasteiger partial charge in [0.05, 0.1) is 6.61 Å². The van der Waals surface area contributed by atoms with Crippen LogP contribution in [0.4, 0.5) is 0 Å². The van der Waals surface area contributed by atoms with Gasteiger partial charge in [-0.05, 0) is 17.8 Å². The van der Waals surface area contributed by atoms with Crippen LogP contribution >= 0.6 is 15.9 Å². The summed E-state index contributed by atoms with van der Waals surface area (Å²) in [6.07, 6.45) is 1.49. The second kappa shape index (κ2) is 8.09. The van der Waals surface area contributed by atoms with Crippen molar-refractivity contribution in [3.8, 4) is 0 Å². The van der Waals surface area contributed by atoms with E-state index in [1.807, 2.05) is 0 Å². The molecule has 0 fully saturated rings. The monoisotopic (exact) mass is 307 g/mol. The smallest absolute Gasteiger partial charge is 0.220 e. The Hall–Kier alpha value is -0.0900. The van der Waals surface area contributed by atoms with Gasteiger partial charge in [0.15, 0.2) is 0 Å². The molecule has 0 spiro atoms. The van der Waals surface area contributed by atoms with Crippen LogP contribution in [0.15, 0.2) is 0 Å². The predicted octanol–water partition coefficient (Wildman–Crippen LogP) is 2.97. The number of nitrogens with one attached hydrogen (secondary N) is 1. The van der Waals surface area contributed by atoms with Gasteiger partial charge in [-0.2, -0.15) is 0 Å². The molecule has 3 nitrogen and oxygen atoms in total. The van der Waals surface area contributed by atoms with Gasteiger partial charge >= 0.3 is 0 Å². The van der Waals surface area contributed by atoms with Crippen LogP contribution in [-0.4, -0.2) is 31.0 Å². The van der Waals surface area contributed by atoms with Gasteiger partial charge in [-0.1, -0.05) is 43.6 Å². The minimum atomic E-state index is 0.143. The van der Waals surface area contributed by atoms with Crippen molar-refractivity contribution in [3.05, 3.63) is 0 Å². The first-order valence-electron chi connectivity index (χ1n) is 6.17. The third-order valence-corrected chi connectivity index (χ3v) is 3.82. The lowest BCUT2D eigenvalue weighted by Crippen LogP contribution is -2.31. The number of alkyl halides is 1. The molecule has 102 valence electrons. The Balaban J connectivity index is 3.74. The van der Waals surface area contributed by atoms with E-state index in [2.05, 4.69) is 48.9 Å². The number of methoxy groups -OCH3 is 1. The quantitative estimate of drug-likeness (QED) is 0.734. The van der Waals surface area contributed by atoms with Crippen molar-refractivity contribution in [1.82, 2.24) is 5.32 Å². The van der Waals surface area contributed by atoms with E-state index in [9.17, 15) is 4.79 Å². The fourth-order valence-electron chi connectivity index (χ4n) is 1.29. The summed E-state index contributed by atoms with van der Waals surface area (Å²) in [6.45, 7) is 10.00. The summed E-state index contributed by atoms with van der Waals surface area (Å²) in [5, 5.41) is 2.95. The van der Waals surface area contributed by atoms with Crippen LogP contribution in [0.5, 0.6) is 0 Å². The molecule has 0 aliphatic heterocycles. The van der Waals surface area contributed by atoms with Crippen molar-refractivity contribution >= 4 is 21.8 Å². The number of hydrogen-bond donors (Lipinski definition) is 1. The lowest BCUT2D eigenvalue weighted by atomic mass is 9.80. The average molecular weight is 308 g/mol. The predicted molar refractivity (Wildman–Crippen MR) is 75.5 cm³/mol. The molecular weight excluding hydrogens is 282 g/mol. The van der Waals surface area contributed by atoms with E-state index in [0.717, 1.165) is 6.42 Å². The highest BCUT2D eigenvalue weighted by Crippen LogP contribution is 2.27. The van der Waals surface area contributed by atoms with Crippen molar-refractivity contribution in [1.29, 1.82) is 0 Å². The van der Waals surface area contributed by atoms with Crippen LogP contribution in [0.2, 0.25) is 0 Å². The van der Waals surface area contributed by atoms with E-state index >= 15 is 0 Å². The highest BCUT2D eigenvalue weighted by Gasteiger charge is 2.22. The number of carbonyl (C=O) groups is 1. The minimum Gasteiger partial charge on any atom is -0.384 e. The number of hydrogen-bond acceptors (Lipinski definition) is 2. The molecule has 0 saturated heterocycles.